The number of carbonyl (C=O) groups excluding carboxylic acids is 2. The van der Waals surface area contributed by atoms with Crippen molar-refractivity contribution in [3.63, 3.8) is 0 Å². The Hall–Kier alpha value is -1.24. The van der Waals surface area contributed by atoms with Gasteiger partial charge in [0.1, 0.15) is 0 Å². The summed E-state index contributed by atoms with van der Waals surface area (Å²) in [6.07, 6.45) is 0. The zero-order valence-corrected chi connectivity index (χ0v) is 13.6. The molecule has 1 aromatic rings. The number of amides is 1. The average molecular weight is 353 g/mol. The van der Waals surface area contributed by atoms with Gasteiger partial charge < -0.3 is 4.74 Å². The van der Waals surface area contributed by atoms with Gasteiger partial charge in [-0.2, -0.15) is 0 Å². The van der Waals surface area contributed by atoms with E-state index >= 15 is 0 Å². The van der Waals surface area contributed by atoms with Crippen LogP contribution >= 0.6 is 15.9 Å². The number of morpholine rings is 1. The van der Waals surface area contributed by atoms with Crippen molar-refractivity contribution < 1.29 is 14.3 Å². The normalized spacial score (nSPS) is 26.3. The molecule has 2 heterocycles. The van der Waals surface area contributed by atoms with Crippen molar-refractivity contribution in [3.05, 3.63) is 28.2 Å². The highest BCUT2D eigenvalue weighted by Crippen LogP contribution is 2.32. The number of carbonyl (C=O) groups is 2. The second kappa shape index (κ2) is 5.51. The summed E-state index contributed by atoms with van der Waals surface area (Å²) in [5, 5.41) is 0. The van der Waals surface area contributed by atoms with Gasteiger partial charge >= 0.3 is 5.91 Å². The van der Waals surface area contributed by atoms with Crippen LogP contribution in [0.25, 0.3) is 0 Å². The molecule has 2 aliphatic rings. The molecular formula is C15H17BrN2O3. The maximum atomic E-state index is 12.3. The Morgan fingerprint density at radius 3 is 2.57 bits per heavy atom. The second-order valence-corrected chi connectivity index (χ2v) is 6.53. The molecule has 21 heavy (non-hydrogen) atoms. The van der Waals surface area contributed by atoms with E-state index in [-0.39, 0.29) is 12.1 Å². The van der Waals surface area contributed by atoms with Crippen molar-refractivity contribution in [1.29, 1.82) is 0 Å². The van der Waals surface area contributed by atoms with Crippen LogP contribution in [0.4, 0.5) is 5.69 Å². The quantitative estimate of drug-likeness (QED) is 0.764. The number of benzene rings is 1. The molecule has 1 aromatic carbocycles. The largest absolute Gasteiger partial charge is 0.378 e. The first-order valence-corrected chi connectivity index (χ1v) is 7.77. The maximum Gasteiger partial charge on any atom is 0.300 e. The molecule has 0 aliphatic carbocycles. The minimum atomic E-state index is -0.450. The lowest BCUT2D eigenvalue weighted by Gasteiger charge is -2.40. The maximum absolute atomic E-state index is 12.3. The highest BCUT2D eigenvalue weighted by atomic mass is 79.9. The van der Waals surface area contributed by atoms with Gasteiger partial charge in [-0.25, -0.2) is 0 Å². The van der Waals surface area contributed by atoms with Gasteiger partial charge in [0.25, 0.3) is 5.78 Å². The van der Waals surface area contributed by atoms with E-state index in [9.17, 15) is 9.59 Å². The predicted molar refractivity (Wildman–Crippen MR) is 82.4 cm³/mol. The van der Waals surface area contributed by atoms with E-state index in [0.717, 1.165) is 4.47 Å². The number of ether oxygens (including phenoxy) is 1. The van der Waals surface area contributed by atoms with Crippen molar-refractivity contribution in [2.75, 3.05) is 24.8 Å². The van der Waals surface area contributed by atoms with E-state index in [0.29, 0.717) is 31.1 Å². The molecule has 0 spiro atoms. The monoisotopic (exact) mass is 352 g/mol. The molecule has 0 N–H and O–H groups in total. The van der Waals surface area contributed by atoms with Crippen molar-refractivity contribution in [2.24, 2.45) is 0 Å². The van der Waals surface area contributed by atoms with Crippen LogP contribution < -0.4 is 4.90 Å². The number of Topliss-reactive ketones (excluding diaryl/α,β-unsaturated/α-hetero) is 1. The molecule has 5 nitrogen and oxygen atoms in total. The van der Waals surface area contributed by atoms with E-state index in [1.54, 1.807) is 11.0 Å². The topological polar surface area (TPSA) is 49.9 Å². The number of hydrogen-bond acceptors (Lipinski definition) is 4. The van der Waals surface area contributed by atoms with Crippen molar-refractivity contribution >= 4 is 33.3 Å². The first kappa shape index (κ1) is 14.7. The van der Waals surface area contributed by atoms with Crippen LogP contribution in [-0.2, 0) is 9.53 Å². The van der Waals surface area contributed by atoms with Gasteiger partial charge in [0.15, 0.2) is 0 Å². The van der Waals surface area contributed by atoms with E-state index < -0.39 is 11.7 Å². The molecule has 6 heteroatoms. The summed E-state index contributed by atoms with van der Waals surface area (Å²) in [4.78, 5) is 28.1. The Morgan fingerprint density at radius 2 is 1.90 bits per heavy atom. The van der Waals surface area contributed by atoms with Crippen molar-refractivity contribution in [2.45, 2.75) is 25.9 Å². The summed E-state index contributed by atoms with van der Waals surface area (Å²) >= 11 is 3.34. The molecule has 1 amide bonds. The van der Waals surface area contributed by atoms with Crippen LogP contribution in [-0.4, -0.2) is 48.6 Å². The predicted octanol–water partition coefficient (Wildman–Crippen LogP) is 2.05. The third-order valence-electron chi connectivity index (χ3n) is 4.09. The highest BCUT2D eigenvalue weighted by molar-refractivity contribution is 9.10. The number of anilines is 1. The van der Waals surface area contributed by atoms with Gasteiger partial charge in [-0.05, 0) is 32.0 Å². The van der Waals surface area contributed by atoms with Gasteiger partial charge in [0.2, 0.25) is 0 Å². The molecule has 0 saturated carbocycles. The number of ketones is 1. The van der Waals surface area contributed by atoms with Gasteiger partial charge in [0, 0.05) is 16.6 Å². The van der Waals surface area contributed by atoms with E-state index in [4.69, 9.17) is 4.74 Å². The molecule has 3 rings (SSSR count). The first-order chi connectivity index (χ1) is 9.99. The fourth-order valence-corrected chi connectivity index (χ4v) is 3.25. The molecule has 0 radical (unpaired) electrons. The summed E-state index contributed by atoms with van der Waals surface area (Å²) in [5.41, 5.74) is 1.17. The minimum absolute atomic E-state index is 0.219. The lowest BCUT2D eigenvalue weighted by Crippen LogP contribution is -2.54. The molecular weight excluding hydrogens is 336 g/mol. The summed E-state index contributed by atoms with van der Waals surface area (Å²) in [6, 6.07) is 5.82. The van der Waals surface area contributed by atoms with Gasteiger partial charge in [0.05, 0.1) is 31.1 Å². The summed E-state index contributed by atoms with van der Waals surface area (Å²) < 4.78 is 6.31. The van der Waals surface area contributed by atoms with E-state index in [1.807, 2.05) is 12.1 Å². The number of hydrogen-bond donors (Lipinski definition) is 0. The number of rotatable bonds is 2. The third-order valence-corrected chi connectivity index (χ3v) is 4.58. The van der Waals surface area contributed by atoms with Crippen LogP contribution in [0, 0.1) is 0 Å². The van der Waals surface area contributed by atoms with Crippen LogP contribution in [0.2, 0.25) is 0 Å². The average Bonchev–Trinajstić information content (AvgIpc) is 2.67. The summed E-state index contributed by atoms with van der Waals surface area (Å²) in [6.45, 7) is 5.85. The van der Waals surface area contributed by atoms with Crippen LogP contribution in [0.3, 0.4) is 0 Å². The molecule has 1 fully saturated rings. The summed E-state index contributed by atoms with van der Waals surface area (Å²) in [5.74, 6) is -0.881. The lowest BCUT2D eigenvalue weighted by molar-refractivity contribution is -0.115. The Bertz CT molecular complexity index is 595. The Balaban J connectivity index is 1.89. The van der Waals surface area contributed by atoms with Crippen LogP contribution in [0.1, 0.15) is 24.2 Å². The standard InChI is InChI=1S/C15H17BrN2O3/c1-9-6-21-7-10(2)17(9)8-18-13-4-3-11(16)5-12(13)14(19)15(18)20/h3-5,9-10H,6-8H2,1-2H3/t9-,10+. The lowest BCUT2D eigenvalue weighted by atomic mass is 10.1. The Morgan fingerprint density at radius 1 is 1.24 bits per heavy atom. The van der Waals surface area contributed by atoms with E-state index in [1.165, 1.54) is 0 Å². The Labute approximate surface area is 132 Å². The van der Waals surface area contributed by atoms with Crippen molar-refractivity contribution in [1.82, 2.24) is 4.90 Å². The van der Waals surface area contributed by atoms with E-state index in [2.05, 4.69) is 34.7 Å². The minimum Gasteiger partial charge on any atom is -0.378 e. The number of fused-ring (bicyclic) bond motifs is 1. The SMILES string of the molecule is C[C@@H]1COC[C@H](C)N1CN1C(=O)C(=O)c2cc(Br)ccc21. The third kappa shape index (κ3) is 2.52. The van der Waals surface area contributed by atoms with Crippen LogP contribution in [0.5, 0.6) is 0 Å². The van der Waals surface area contributed by atoms with Crippen LogP contribution in [0.15, 0.2) is 22.7 Å². The summed E-state index contributed by atoms with van der Waals surface area (Å²) in [7, 11) is 0. The van der Waals surface area contributed by atoms with Gasteiger partial charge in [-0.3, -0.25) is 19.4 Å². The smallest absolute Gasteiger partial charge is 0.300 e. The molecule has 2 atom stereocenters. The fraction of sp³-hybridized carbons (Fsp3) is 0.467. The number of nitrogens with zero attached hydrogens (tertiary/aromatic N) is 2. The number of halogens is 1. The Kier molecular flexibility index (Phi) is 3.86. The molecule has 0 unspecified atom stereocenters. The van der Waals surface area contributed by atoms with Gasteiger partial charge in [-0.1, -0.05) is 15.9 Å². The van der Waals surface area contributed by atoms with Gasteiger partial charge in [-0.15, -0.1) is 0 Å². The second-order valence-electron chi connectivity index (χ2n) is 5.61. The molecule has 1 saturated heterocycles. The first-order valence-electron chi connectivity index (χ1n) is 6.98. The highest BCUT2D eigenvalue weighted by Gasteiger charge is 2.38. The molecule has 0 bridgehead atoms. The zero-order valence-electron chi connectivity index (χ0n) is 12.0. The molecule has 112 valence electrons. The zero-order chi connectivity index (χ0) is 15.1. The fourth-order valence-electron chi connectivity index (χ4n) is 2.89. The molecule has 2 aliphatic heterocycles. The van der Waals surface area contributed by atoms with Crippen molar-refractivity contribution in [3.8, 4) is 0 Å². The molecule has 0 aromatic heterocycles.